The van der Waals surface area contributed by atoms with Crippen LogP contribution in [0.5, 0.6) is 0 Å². The molecule has 0 radical (unpaired) electrons. The van der Waals surface area contributed by atoms with Gasteiger partial charge in [-0.3, -0.25) is 9.59 Å². The summed E-state index contributed by atoms with van der Waals surface area (Å²) in [5.74, 6) is -2.13. The third kappa shape index (κ3) is 5.35. The fourth-order valence-corrected chi connectivity index (χ4v) is 2.13. The van der Waals surface area contributed by atoms with E-state index in [9.17, 15) is 14.4 Å². The Balaban J connectivity index is 2.50. The number of carbonyl (C=O) groups is 3. The highest BCUT2D eigenvalue weighted by atomic mass is 32.1. The van der Waals surface area contributed by atoms with E-state index in [1.54, 1.807) is 5.38 Å². The van der Waals surface area contributed by atoms with Crippen molar-refractivity contribution in [2.75, 3.05) is 7.11 Å². The lowest BCUT2D eigenvalue weighted by molar-refractivity contribution is -0.144. The van der Waals surface area contributed by atoms with E-state index >= 15 is 0 Å². The van der Waals surface area contributed by atoms with Crippen LogP contribution in [0.1, 0.15) is 23.5 Å². The van der Waals surface area contributed by atoms with Gasteiger partial charge >= 0.3 is 11.9 Å². The number of amides is 1. The molecular formula is C12H16N2O5S. The Bertz CT molecular complexity index is 500. The van der Waals surface area contributed by atoms with Gasteiger partial charge in [-0.15, -0.1) is 11.3 Å². The summed E-state index contributed by atoms with van der Waals surface area (Å²) in [5.41, 5.74) is 0.599. The first-order chi connectivity index (χ1) is 9.42. The summed E-state index contributed by atoms with van der Waals surface area (Å²) in [4.78, 5) is 37.8. The molecule has 0 aliphatic carbocycles. The number of carboxylic acids is 1. The van der Waals surface area contributed by atoms with Crippen LogP contribution in [-0.2, 0) is 25.5 Å². The summed E-state index contributed by atoms with van der Waals surface area (Å²) < 4.78 is 4.43. The number of hydrogen-bond acceptors (Lipinski definition) is 6. The number of hydrogen-bond donors (Lipinski definition) is 2. The lowest BCUT2D eigenvalue weighted by Gasteiger charge is -2.13. The third-order valence-corrected chi connectivity index (χ3v) is 3.33. The monoisotopic (exact) mass is 300 g/mol. The number of carboxylic acid groups (broad SMARTS) is 1. The summed E-state index contributed by atoms with van der Waals surface area (Å²) in [6.45, 7) is 1.82. The van der Waals surface area contributed by atoms with Crippen LogP contribution in [0, 0.1) is 6.92 Å². The number of nitrogens with zero attached hydrogens (tertiary/aromatic N) is 1. The SMILES string of the molecule is COC(=O)CC[C@H](NC(=O)Cc1csc(C)n1)C(=O)O. The number of thiazole rings is 1. The van der Waals surface area contributed by atoms with Crippen molar-refractivity contribution in [1.82, 2.24) is 10.3 Å². The standard InChI is InChI=1S/C12H16N2O5S/c1-7-13-8(6-20-7)5-10(15)14-9(12(17)18)3-4-11(16)19-2/h6,9H,3-5H2,1-2H3,(H,14,15)(H,17,18)/t9-/m0/s1. The normalized spacial score (nSPS) is 11.7. The van der Waals surface area contributed by atoms with E-state index in [0.717, 1.165) is 5.01 Å². The van der Waals surface area contributed by atoms with Crippen LogP contribution in [0.2, 0.25) is 0 Å². The molecular weight excluding hydrogens is 284 g/mol. The number of aryl methyl sites for hydroxylation is 1. The van der Waals surface area contributed by atoms with Gasteiger partial charge in [-0.25, -0.2) is 9.78 Å². The molecule has 7 nitrogen and oxygen atoms in total. The molecule has 0 aliphatic rings. The number of esters is 1. The molecule has 20 heavy (non-hydrogen) atoms. The van der Waals surface area contributed by atoms with Gasteiger partial charge in [0, 0.05) is 11.8 Å². The van der Waals surface area contributed by atoms with Crippen molar-refractivity contribution < 1.29 is 24.2 Å². The van der Waals surface area contributed by atoms with Crippen LogP contribution < -0.4 is 5.32 Å². The van der Waals surface area contributed by atoms with Crippen molar-refractivity contribution in [3.05, 3.63) is 16.1 Å². The second-order valence-electron chi connectivity index (χ2n) is 4.11. The fourth-order valence-electron chi connectivity index (χ4n) is 1.52. The number of ether oxygens (including phenoxy) is 1. The molecule has 0 aliphatic heterocycles. The van der Waals surface area contributed by atoms with Crippen LogP contribution in [0.25, 0.3) is 0 Å². The maximum atomic E-state index is 11.7. The Morgan fingerprint density at radius 2 is 2.20 bits per heavy atom. The minimum absolute atomic E-state index is 0.0101. The summed E-state index contributed by atoms with van der Waals surface area (Å²) in [7, 11) is 1.22. The number of nitrogens with one attached hydrogen (secondary N) is 1. The molecule has 0 saturated heterocycles. The predicted octanol–water partition coefficient (Wildman–Crippen LogP) is 0.517. The predicted molar refractivity (Wildman–Crippen MR) is 71.4 cm³/mol. The third-order valence-electron chi connectivity index (χ3n) is 2.51. The highest BCUT2D eigenvalue weighted by Gasteiger charge is 2.21. The molecule has 0 aromatic carbocycles. The van der Waals surface area contributed by atoms with Crippen molar-refractivity contribution in [3.8, 4) is 0 Å². The van der Waals surface area contributed by atoms with Crippen molar-refractivity contribution in [3.63, 3.8) is 0 Å². The Morgan fingerprint density at radius 1 is 1.50 bits per heavy atom. The van der Waals surface area contributed by atoms with Gasteiger partial charge in [-0.05, 0) is 13.3 Å². The van der Waals surface area contributed by atoms with Crippen molar-refractivity contribution in [2.45, 2.75) is 32.2 Å². The first kappa shape index (κ1) is 16.1. The van der Waals surface area contributed by atoms with Gasteiger partial charge in [0.15, 0.2) is 0 Å². The van der Waals surface area contributed by atoms with Crippen LogP contribution in [-0.4, -0.2) is 41.1 Å². The molecule has 2 N–H and O–H groups in total. The highest BCUT2D eigenvalue weighted by Crippen LogP contribution is 2.08. The van der Waals surface area contributed by atoms with E-state index in [1.807, 2.05) is 6.92 Å². The number of methoxy groups -OCH3 is 1. The van der Waals surface area contributed by atoms with E-state index in [1.165, 1.54) is 18.4 Å². The molecule has 1 aromatic heterocycles. The number of aliphatic carboxylic acids is 1. The Labute approximate surface area is 120 Å². The first-order valence-electron chi connectivity index (χ1n) is 5.92. The second kappa shape index (κ2) is 7.59. The van der Waals surface area contributed by atoms with E-state index in [0.29, 0.717) is 5.69 Å². The number of aromatic nitrogens is 1. The smallest absolute Gasteiger partial charge is 0.326 e. The minimum atomic E-state index is -1.18. The van der Waals surface area contributed by atoms with Crippen LogP contribution in [0.15, 0.2) is 5.38 Å². The maximum Gasteiger partial charge on any atom is 0.326 e. The van der Waals surface area contributed by atoms with Gasteiger partial charge in [0.1, 0.15) is 6.04 Å². The van der Waals surface area contributed by atoms with Crippen molar-refractivity contribution in [2.24, 2.45) is 0 Å². The summed E-state index contributed by atoms with van der Waals surface area (Å²) >= 11 is 1.42. The highest BCUT2D eigenvalue weighted by molar-refractivity contribution is 7.09. The maximum absolute atomic E-state index is 11.7. The van der Waals surface area contributed by atoms with Gasteiger partial charge < -0.3 is 15.2 Å². The first-order valence-corrected chi connectivity index (χ1v) is 6.80. The Morgan fingerprint density at radius 3 is 2.70 bits per heavy atom. The zero-order valence-corrected chi connectivity index (χ0v) is 12.0. The zero-order valence-electron chi connectivity index (χ0n) is 11.2. The number of rotatable bonds is 7. The van der Waals surface area contributed by atoms with Crippen molar-refractivity contribution >= 4 is 29.2 Å². The summed E-state index contributed by atoms with van der Waals surface area (Å²) in [6.07, 6.45) is -0.0558. The van der Waals surface area contributed by atoms with Gasteiger partial charge in [0.05, 0.1) is 24.2 Å². The Hall–Kier alpha value is -1.96. The van der Waals surface area contributed by atoms with E-state index in [4.69, 9.17) is 5.11 Å². The average molecular weight is 300 g/mol. The molecule has 0 bridgehead atoms. The molecule has 8 heteroatoms. The van der Waals surface area contributed by atoms with Crippen LogP contribution in [0.4, 0.5) is 0 Å². The van der Waals surface area contributed by atoms with E-state index < -0.39 is 23.9 Å². The average Bonchev–Trinajstić information content (AvgIpc) is 2.78. The largest absolute Gasteiger partial charge is 0.480 e. The second-order valence-corrected chi connectivity index (χ2v) is 5.17. The molecule has 0 spiro atoms. The lowest BCUT2D eigenvalue weighted by Crippen LogP contribution is -2.41. The molecule has 1 rings (SSSR count). The fraction of sp³-hybridized carbons (Fsp3) is 0.500. The minimum Gasteiger partial charge on any atom is -0.480 e. The van der Waals surface area contributed by atoms with Gasteiger partial charge in [-0.2, -0.15) is 0 Å². The molecule has 1 aromatic rings. The molecule has 1 atom stereocenters. The number of carbonyl (C=O) groups excluding carboxylic acids is 2. The Kier molecular flexibility index (Phi) is 6.10. The zero-order chi connectivity index (χ0) is 15.1. The topological polar surface area (TPSA) is 106 Å². The molecule has 0 unspecified atom stereocenters. The molecule has 1 amide bonds. The molecule has 110 valence electrons. The van der Waals surface area contributed by atoms with Crippen LogP contribution in [0.3, 0.4) is 0 Å². The quantitative estimate of drug-likeness (QED) is 0.711. The molecule has 0 fully saturated rings. The summed E-state index contributed by atoms with van der Waals surface area (Å²) in [6, 6.07) is -1.11. The molecule has 1 heterocycles. The lowest BCUT2D eigenvalue weighted by atomic mass is 10.1. The van der Waals surface area contributed by atoms with Crippen LogP contribution >= 0.6 is 11.3 Å². The summed E-state index contributed by atoms with van der Waals surface area (Å²) in [5, 5.41) is 14.0. The van der Waals surface area contributed by atoms with Gasteiger partial charge in [0.25, 0.3) is 0 Å². The van der Waals surface area contributed by atoms with E-state index in [-0.39, 0.29) is 19.3 Å². The van der Waals surface area contributed by atoms with Gasteiger partial charge in [0.2, 0.25) is 5.91 Å². The van der Waals surface area contributed by atoms with E-state index in [2.05, 4.69) is 15.0 Å². The van der Waals surface area contributed by atoms with Crippen molar-refractivity contribution in [1.29, 1.82) is 0 Å². The van der Waals surface area contributed by atoms with Gasteiger partial charge in [-0.1, -0.05) is 0 Å². The molecule has 0 saturated carbocycles.